The molecule has 1 heterocycles. The Morgan fingerprint density at radius 1 is 1.56 bits per heavy atom. The normalized spacial score (nSPS) is 17.2. The molecular formula is C12H15ClN2O3. The van der Waals surface area contributed by atoms with Gasteiger partial charge in [-0.25, -0.2) is 0 Å². The minimum atomic E-state index is -0.449. The van der Waals surface area contributed by atoms with E-state index in [0.717, 1.165) is 25.3 Å². The molecule has 5 nitrogen and oxygen atoms in total. The van der Waals surface area contributed by atoms with Crippen molar-refractivity contribution in [2.24, 2.45) is 5.41 Å². The highest BCUT2D eigenvalue weighted by atomic mass is 35.5. The Kier molecular flexibility index (Phi) is 3.85. The number of hydrogen-bond acceptors (Lipinski definition) is 4. The second kappa shape index (κ2) is 5.22. The van der Waals surface area contributed by atoms with Crippen LogP contribution in [-0.2, 0) is 11.3 Å². The van der Waals surface area contributed by atoms with E-state index >= 15 is 0 Å². The SMILES string of the molecule is CC1(CNCc2ccc([N+](=O)[O-])cc2Cl)COC1. The van der Waals surface area contributed by atoms with Crippen molar-refractivity contribution in [3.05, 3.63) is 38.9 Å². The molecule has 0 aromatic heterocycles. The van der Waals surface area contributed by atoms with E-state index in [2.05, 4.69) is 12.2 Å². The summed E-state index contributed by atoms with van der Waals surface area (Å²) in [4.78, 5) is 10.1. The lowest BCUT2D eigenvalue weighted by Crippen LogP contribution is -2.47. The van der Waals surface area contributed by atoms with Crippen LogP contribution >= 0.6 is 11.6 Å². The Balaban J connectivity index is 1.91. The van der Waals surface area contributed by atoms with Crippen LogP contribution in [0.2, 0.25) is 5.02 Å². The van der Waals surface area contributed by atoms with E-state index in [-0.39, 0.29) is 11.1 Å². The van der Waals surface area contributed by atoms with Gasteiger partial charge in [-0.3, -0.25) is 10.1 Å². The molecule has 0 saturated carbocycles. The largest absolute Gasteiger partial charge is 0.380 e. The molecule has 1 saturated heterocycles. The number of halogens is 1. The van der Waals surface area contributed by atoms with E-state index in [1.54, 1.807) is 6.07 Å². The van der Waals surface area contributed by atoms with Crippen LogP contribution in [0.1, 0.15) is 12.5 Å². The summed E-state index contributed by atoms with van der Waals surface area (Å²) >= 11 is 6.00. The molecule has 0 radical (unpaired) electrons. The van der Waals surface area contributed by atoms with E-state index < -0.39 is 4.92 Å². The molecule has 1 fully saturated rings. The van der Waals surface area contributed by atoms with E-state index in [0.29, 0.717) is 11.6 Å². The Labute approximate surface area is 110 Å². The molecule has 1 aliphatic heterocycles. The predicted molar refractivity (Wildman–Crippen MR) is 68.7 cm³/mol. The van der Waals surface area contributed by atoms with Gasteiger partial charge in [0, 0.05) is 30.6 Å². The maximum absolute atomic E-state index is 10.6. The van der Waals surface area contributed by atoms with Crippen LogP contribution in [0.15, 0.2) is 18.2 Å². The highest BCUT2D eigenvalue weighted by Crippen LogP contribution is 2.26. The molecule has 0 spiro atoms. The van der Waals surface area contributed by atoms with Gasteiger partial charge >= 0.3 is 0 Å². The second-order valence-corrected chi connectivity index (χ2v) is 5.35. The Morgan fingerprint density at radius 2 is 2.28 bits per heavy atom. The lowest BCUT2D eigenvalue weighted by Gasteiger charge is -2.38. The summed E-state index contributed by atoms with van der Waals surface area (Å²) < 4.78 is 5.17. The van der Waals surface area contributed by atoms with Crippen LogP contribution in [-0.4, -0.2) is 24.7 Å². The molecule has 1 aromatic rings. The van der Waals surface area contributed by atoms with Crippen molar-refractivity contribution in [2.45, 2.75) is 13.5 Å². The predicted octanol–water partition coefficient (Wildman–Crippen LogP) is 2.37. The van der Waals surface area contributed by atoms with Crippen LogP contribution < -0.4 is 5.32 Å². The first kappa shape index (κ1) is 13.3. The number of nitrogens with one attached hydrogen (secondary N) is 1. The number of non-ortho nitro benzene ring substituents is 1. The summed E-state index contributed by atoms with van der Waals surface area (Å²) in [6, 6.07) is 4.54. The maximum Gasteiger partial charge on any atom is 0.270 e. The standard InChI is InChI=1S/C12H15ClN2O3/c1-12(7-18-8-12)6-14-5-9-2-3-10(15(16)17)4-11(9)13/h2-4,14H,5-8H2,1H3. The lowest BCUT2D eigenvalue weighted by molar-refractivity contribution is -0.384. The number of nitro groups is 1. The monoisotopic (exact) mass is 270 g/mol. The zero-order valence-corrected chi connectivity index (χ0v) is 10.9. The first-order valence-corrected chi connectivity index (χ1v) is 6.09. The van der Waals surface area contributed by atoms with Crippen molar-refractivity contribution in [1.29, 1.82) is 0 Å². The topological polar surface area (TPSA) is 64.4 Å². The van der Waals surface area contributed by atoms with Crippen LogP contribution in [0.5, 0.6) is 0 Å². The van der Waals surface area contributed by atoms with Gasteiger partial charge in [0.25, 0.3) is 5.69 Å². The Hall–Kier alpha value is -1.17. The third-order valence-corrected chi connectivity index (χ3v) is 3.37. The third-order valence-electron chi connectivity index (χ3n) is 3.02. The molecular weight excluding hydrogens is 256 g/mol. The summed E-state index contributed by atoms with van der Waals surface area (Å²) in [7, 11) is 0. The Morgan fingerprint density at radius 3 is 2.78 bits per heavy atom. The number of nitrogens with zero attached hydrogens (tertiary/aromatic N) is 1. The average Bonchev–Trinajstić information content (AvgIpc) is 2.28. The molecule has 0 amide bonds. The molecule has 1 aliphatic rings. The van der Waals surface area contributed by atoms with Crippen molar-refractivity contribution < 1.29 is 9.66 Å². The zero-order valence-electron chi connectivity index (χ0n) is 10.1. The summed E-state index contributed by atoms with van der Waals surface area (Å²) in [6.07, 6.45) is 0. The van der Waals surface area contributed by atoms with E-state index in [1.165, 1.54) is 12.1 Å². The molecule has 0 atom stereocenters. The van der Waals surface area contributed by atoms with Crippen molar-refractivity contribution >= 4 is 17.3 Å². The van der Waals surface area contributed by atoms with Gasteiger partial charge in [0.15, 0.2) is 0 Å². The molecule has 0 unspecified atom stereocenters. The summed E-state index contributed by atoms with van der Waals surface area (Å²) in [5.74, 6) is 0. The van der Waals surface area contributed by atoms with Gasteiger partial charge in [0.2, 0.25) is 0 Å². The molecule has 0 aliphatic carbocycles. The molecule has 98 valence electrons. The van der Waals surface area contributed by atoms with E-state index in [9.17, 15) is 10.1 Å². The van der Waals surface area contributed by atoms with Gasteiger partial charge < -0.3 is 10.1 Å². The van der Waals surface area contributed by atoms with Gasteiger partial charge in [-0.1, -0.05) is 18.5 Å². The fourth-order valence-electron chi connectivity index (χ4n) is 1.84. The lowest BCUT2D eigenvalue weighted by atomic mass is 9.89. The minimum absolute atomic E-state index is 0.0168. The minimum Gasteiger partial charge on any atom is -0.380 e. The number of rotatable bonds is 5. The van der Waals surface area contributed by atoms with Gasteiger partial charge in [-0.05, 0) is 11.6 Å². The van der Waals surface area contributed by atoms with Crippen molar-refractivity contribution in [3.8, 4) is 0 Å². The van der Waals surface area contributed by atoms with Crippen LogP contribution in [0.25, 0.3) is 0 Å². The average molecular weight is 271 g/mol. The molecule has 1 N–H and O–H groups in total. The fourth-order valence-corrected chi connectivity index (χ4v) is 2.09. The summed E-state index contributed by atoms with van der Waals surface area (Å²) in [5.41, 5.74) is 1.09. The first-order valence-electron chi connectivity index (χ1n) is 5.71. The van der Waals surface area contributed by atoms with E-state index in [4.69, 9.17) is 16.3 Å². The molecule has 0 bridgehead atoms. The third kappa shape index (κ3) is 2.98. The second-order valence-electron chi connectivity index (χ2n) is 4.94. The van der Waals surface area contributed by atoms with Crippen molar-refractivity contribution in [2.75, 3.05) is 19.8 Å². The van der Waals surface area contributed by atoms with Crippen LogP contribution in [0.4, 0.5) is 5.69 Å². The number of nitro benzene ring substituents is 1. The number of benzene rings is 1. The van der Waals surface area contributed by atoms with Crippen molar-refractivity contribution in [1.82, 2.24) is 5.32 Å². The van der Waals surface area contributed by atoms with Gasteiger partial charge in [0.05, 0.1) is 23.2 Å². The molecule has 6 heteroatoms. The quantitative estimate of drug-likeness (QED) is 0.659. The smallest absolute Gasteiger partial charge is 0.270 e. The zero-order chi connectivity index (χ0) is 13.2. The summed E-state index contributed by atoms with van der Waals surface area (Å²) in [5, 5.41) is 14.3. The highest BCUT2D eigenvalue weighted by molar-refractivity contribution is 6.31. The van der Waals surface area contributed by atoms with Crippen molar-refractivity contribution in [3.63, 3.8) is 0 Å². The van der Waals surface area contributed by atoms with Gasteiger partial charge in [0.1, 0.15) is 0 Å². The van der Waals surface area contributed by atoms with Crippen LogP contribution in [0, 0.1) is 15.5 Å². The first-order chi connectivity index (χ1) is 8.50. The molecule has 2 rings (SSSR count). The van der Waals surface area contributed by atoms with Gasteiger partial charge in [-0.15, -0.1) is 0 Å². The fraction of sp³-hybridized carbons (Fsp3) is 0.500. The molecule has 18 heavy (non-hydrogen) atoms. The number of ether oxygens (including phenoxy) is 1. The maximum atomic E-state index is 10.6. The summed E-state index contributed by atoms with van der Waals surface area (Å²) in [6.45, 7) is 5.15. The van der Waals surface area contributed by atoms with Crippen LogP contribution in [0.3, 0.4) is 0 Å². The molecule has 1 aromatic carbocycles. The number of hydrogen-bond donors (Lipinski definition) is 1. The highest BCUT2D eigenvalue weighted by Gasteiger charge is 2.32. The van der Waals surface area contributed by atoms with E-state index in [1.807, 2.05) is 0 Å². The Bertz CT molecular complexity index is 461. The van der Waals surface area contributed by atoms with Gasteiger partial charge in [-0.2, -0.15) is 0 Å².